The highest BCUT2D eigenvalue weighted by Gasteiger charge is 2.06. The predicted molar refractivity (Wildman–Crippen MR) is 82.5 cm³/mol. The second-order valence-corrected chi connectivity index (χ2v) is 4.87. The maximum Gasteiger partial charge on any atom is 0.319 e. The third-order valence-corrected chi connectivity index (χ3v) is 3.26. The van der Waals surface area contributed by atoms with E-state index in [4.69, 9.17) is 11.6 Å². The van der Waals surface area contributed by atoms with Gasteiger partial charge in [0.05, 0.1) is 12.2 Å². The number of nitrogens with zero attached hydrogens (tertiary/aromatic N) is 2. The van der Waals surface area contributed by atoms with Crippen LogP contribution in [0.15, 0.2) is 54.7 Å². The van der Waals surface area contributed by atoms with E-state index in [1.807, 2.05) is 42.5 Å². The molecule has 0 saturated carbocycles. The maximum absolute atomic E-state index is 11.8. The van der Waals surface area contributed by atoms with Crippen molar-refractivity contribution in [3.63, 3.8) is 0 Å². The lowest BCUT2D eigenvalue weighted by molar-refractivity contribution is 0.251. The minimum Gasteiger partial charge on any atom is -0.332 e. The molecule has 0 radical (unpaired) electrons. The van der Waals surface area contributed by atoms with Crippen LogP contribution in [0.25, 0.3) is 5.65 Å². The van der Waals surface area contributed by atoms with Gasteiger partial charge in [0.25, 0.3) is 0 Å². The molecule has 0 fully saturated rings. The van der Waals surface area contributed by atoms with Crippen LogP contribution >= 0.6 is 11.6 Å². The number of hydrogen-bond acceptors (Lipinski definition) is 2. The van der Waals surface area contributed by atoms with Crippen LogP contribution in [0.4, 0.5) is 10.5 Å². The SMILES string of the molecule is O=C(NCc1cn2c(Cl)cccc2n1)Nc1ccccc1. The molecule has 3 aromatic rings. The first-order valence-electron chi connectivity index (χ1n) is 6.45. The van der Waals surface area contributed by atoms with Crippen LogP contribution in [-0.4, -0.2) is 15.4 Å². The lowest BCUT2D eigenvalue weighted by Crippen LogP contribution is -2.28. The van der Waals surface area contributed by atoms with Crippen molar-refractivity contribution < 1.29 is 4.79 Å². The van der Waals surface area contributed by atoms with Gasteiger partial charge in [0.2, 0.25) is 0 Å². The number of carbonyl (C=O) groups excluding carboxylic acids is 1. The first-order chi connectivity index (χ1) is 10.2. The molecule has 21 heavy (non-hydrogen) atoms. The zero-order chi connectivity index (χ0) is 14.7. The number of imidazole rings is 1. The molecule has 2 aromatic heterocycles. The molecule has 0 atom stereocenters. The van der Waals surface area contributed by atoms with Gasteiger partial charge in [-0.1, -0.05) is 35.9 Å². The number of benzene rings is 1. The standard InChI is InChI=1S/C15H13ClN4O/c16-13-7-4-8-14-18-12(10-20(13)14)9-17-15(21)19-11-5-2-1-3-6-11/h1-8,10H,9H2,(H2,17,19,21). The number of pyridine rings is 1. The maximum atomic E-state index is 11.8. The molecule has 0 aliphatic heterocycles. The number of aromatic nitrogens is 2. The number of rotatable bonds is 3. The summed E-state index contributed by atoms with van der Waals surface area (Å²) in [4.78, 5) is 16.2. The highest BCUT2D eigenvalue weighted by Crippen LogP contribution is 2.13. The zero-order valence-electron chi connectivity index (χ0n) is 11.1. The third kappa shape index (κ3) is 3.14. The number of anilines is 1. The minimum atomic E-state index is -0.274. The van der Waals surface area contributed by atoms with Gasteiger partial charge in [-0.2, -0.15) is 0 Å². The van der Waals surface area contributed by atoms with Crippen molar-refractivity contribution in [2.75, 3.05) is 5.32 Å². The van der Waals surface area contributed by atoms with E-state index in [2.05, 4.69) is 15.6 Å². The van der Waals surface area contributed by atoms with Gasteiger partial charge < -0.3 is 10.6 Å². The second-order valence-electron chi connectivity index (χ2n) is 4.48. The Morgan fingerprint density at radius 3 is 2.71 bits per heavy atom. The summed E-state index contributed by atoms with van der Waals surface area (Å²) in [6, 6.07) is 14.5. The average molecular weight is 301 g/mol. The summed E-state index contributed by atoms with van der Waals surface area (Å²) >= 11 is 6.06. The van der Waals surface area contributed by atoms with Crippen LogP contribution < -0.4 is 10.6 Å². The quantitative estimate of drug-likeness (QED) is 0.729. The molecule has 3 rings (SSSR count). The lowest BCUT2D eigenvalue weighted by atomic mass is 10.3. The molecule has 106 valence electrons. The van der Waals surface area contributed by atoms with Crippen LogP contribution in [0.1, 0.15) is 5.69 Å². The number of fused-ring (bicyclic) bond motifs is 1. The van der Waals surface area contributed by atoms with Gasteiger partial charge in [0.1, 0.15) is 10.8 Å². The fourth-order valence-electron chi connectivity index (χ4n) is 1.98. The summed E-state index contributed by atoms with van der Waals surface area (Å²) in [5, 5.41) is 6.09. The van der Waals surface area contributed by atoms with E-state index in [9.17, 15) is 4.79 Å². The number of para-hydroxylation sites is 1. The van der Waals surface area contributed by atoms with Gasteiger partial charge in [-0.15, -0.1) is 0 Å². The molecule has 0 spiro atoms. The normalized spacial score (nSPS) is 10.5. The van der Waals surface area contributed by atoms with E-state index in [1.54, 1.807) is 16.7 Å². The molecule has 1 aromatic carbocycles. The highest BCUT2D eigenvalue weighted by molar-refractivity contribution is 6.29. The summed E-state index contributed by atoms with van der Waals surface area (Å²) in [5.41, 5.74) is 2.24. The Morgan fingerprint density at radius 1 is 1.14 bits per heavy atom. The van der Waals surface area contributed by atoms with Crippen molar-refractivity contribution in [2.45, 2.75) is 6.54 Å². The summed E-state index contributed by atoms with van der Waals surface area (Å²) in [7, 11) is 0. The van der Waals surface area contributed by atoms with Gasteiger partial charge in [-0.05, 0) is 24.3 Å². The number of amides is 2. The summed E-state index contributed by atoms with van der Waals surface area (Å²) in [6.45, 7) is 0.330. The smallest absolute Gasteiger partial charge is 0.319 e. The van der Waals surface area contributed by atoms with Crippen molar-refractivity contribution in [1.82, 2.24) is 14.7 Å². The van der Waals surface area contributed by atoms with E-state index < -0.39 is 0 Å². The Balaban J connectivity index is 1.64. The minimum absolute atomic E-state index is 0.274. The highest BCUT2D eigenvalue weighted by atomic mass is 35.5. The summed E-state index contributed by atoms with van der Waals surface area (Å²) in [6.07, 6.45) is 1.81. The van der Waals surface area contributed by atoms with E-state index in [1.165, 1.54) is 0 Å². The Morgan fingerprint density at radius 2 is 1.95 bits per heavy atom. The predicted octanol–water partition coefficient (Wildman–Crippen LogP) is 3.31. The molecule has 6 heteroatoms. The fraction of sp³-hybridized carbons (Fsp3) is 0.0667. The van der Waals surface area contributed by atoms with Crippen LogP contribution in [0, 0.1) is 0 Å². The number of carbonyl (C=O) groups is 1. The topological polar surface area (TPSA) is 58.4 Å². The molecule has 5 nitrogen and oxygen atoms in total. The summed E-state index contributed by atoms with van der Waals surface area (Å²) in [5.74, 6) is 0. The lowest BCUT2D eigenvalue weighted by Gasteiger charge is -2.05. The Hall–Kier alpha value is -2.53. The molecule has 2 amide bonds. The number of hydrogen-bond donors (Lipinski definition) is 2. The first kappa shape index (κ1) is 13.5. The van der Waals surface area contributed by atoms with Crippen molar-refractivity contribution in [3.05, 3.63) is 65.6 Å². The van der Waals surface area contributed by atoms with Crippen LogP contribution in [0.3, 0.4) is 0 Å². The van der Waals surface area contributed by atoms with Crippen molar-refractivity contribution in [1.29, 1.82) is 0 Å². The monoisotopic (exact) mass is 300 g/mol. The molecule has 2 N–H and O–H groups in total. The molecule has 0 aliphatic carbocycles. The van der Waals surface area contributed by atoms with E-state index >= 15 is 0 Å². The fourth-order valence-corrected chi connectivity index (χ4v) is 2.19. The van der Waals surface area contributed by atoms with Crippen LogP contribution in [0.2, 0.25) is 5.15 Å². The molecule has 0 aliphatic rings. The molecule has 0 bridgehead atoms. The first-order valence-corrected chi connectivity index (χ1v) is 6.82. The number of halogens is 1. The third-order valence-electron chi connectivity index (χ3n) is 2.95. The Bertz CT molecular complexity index is 770. The van der Waals surface area contributed by atoms with Crippen LogP contribution in [0.5, 0.6) is 0 Å². The van der Waals surface area contributed by atoms with Gasteiger partial charge in [-0.3, -0.25) is 4.40 Å². The molecule has 0 unspecified atom stereocenters. The molecule has 0 saturated heterocycles. The number of nitrogens with one attached hydrogen (secondary N) is 2. The zero-order valence-corrected chi connectivity index (χ0v) is 11.8. The van der Waals surface area contributed by atoms with Gasteiger partial charge in [0.15, 0.2) is 0 Å². The average Bonchev–Trinajstić information content (AvgIpc) is 2.91. The van der Waals surface area contributed by atoms with Gasteiger partial charge in [-0.25, -0.2) is 9.78 Å². The second kappa shape index (κ2) is 5.85. The molecule has 2 heterocycles. The number of urea groups is 1. The Labute approximate surface area is 126 Å². The largest absolute Gasteiger partial charge is 0.332 e. The van der Waals surface area contributed by atoms with E-state index in [-0.39, 0.29) is 6.03 Å². The summed E-state index contributed by atoms with van der Waals surface area (Å²) < 4.78 is 1.77. The van der Waals surface area contributed by atoms with E-state index in [0.29, 0.717) is 11.7 Å². The van der Waals surface area contributed by atoms with Gasteiger partial charge >= 0.3 is 6.03 Å². The van der Waals surface area contributed by atoms with Crippen LogP contribution in [-0.2, 0) is 6.54 Å². The van der Waals surface area contributed by atoms with Crippen molar-refractivity contribution in [2.24, 2.45) is 0 Å². The molecular formula is C15H13ClN4O. The molecular weight excluding hydrogens is 288 g/mol. The Kier molecular flexibility index (Phi) is 3.75. The van der Waals surface area contributed by atoms with Gasteiger partial charge in [0, 0.05) is 11.9 Å². The van der Waals surface area contributed by atoms with E-state index in [0.717, 1.165) is 17.0 Å². The van der Waals surface area contributed by atoms with Crippen molar-refractivity contribution in [3.8, 4) is 0 Å². The van der Waals surface area contributed by atoms with Crippen molar-refractivity contribution >= 4 is 29.0 Å².